The van der Waals surface area contributed by atoms with Gasteiger partial charge in [0.25, 0.3) is 0 Å². The van der Waals surface area contributed by atoms with E-state index in [2.05, 4.69) is 20.9 Å². The van der Waals surface area contributed by atoms with E-state index in [0.29, 0.717) is 0 Å². The van der Waals surface area contributed by atoms with Crippen molar-refractivity contribution in [1.29, 1.82) is 0 Å². The third-order valence-electron chi connectivity index (χ3n) is 3.01. The van der Waals surface area contributed by atoms with Gasteiger partial charge in [-0.3, -0.25) is 4.98 Å². The van der Waals surface area contributed by atoms with Crippen LogP contribution in [-0.4, -0.2) is 12.1 Å². The lowest BCUT2D eigenvalue weighted by atomic mass is 10.1. The SMILES string of the molecule is COc1c(C)cnc(COc2cc(Br)ccc2F)c1C. The molecule has 0 fully saturated rings. The molecule has 0 amide bonds. The number of aryl methyl sites for hydroxylation is 1. The summed E-state index contributed by atoms with van der Waals surface area (Å²) in [7, 11) is 1.62. The van der Waals surface area contributed by atoms with Crippen molar-refractivity contribution in [1.82, 2.24) is 4.98 Å². The molecular weight excluding hydrogens is 325 g/mol. The molecule has 0 aliphatic heterocycles. The summed E-state index contributed by atoms with van der Waals surface area (Å²) < 4.78 is 25.2. The van der Waals surface area contributed by atoms with Crippen molar-refractivity contribution in [2.75, 3.05) is 7.11 Å². The molecule has 1 aromatic heterocycles. The van der Waals surface area contributed by atoms with Gasteiger partial charge in [0.2, 0.25) is 0 Å². The fourth-order valence-electron chi connectivity index (χ4n) is 1.95. The predicted molar refractivity (Wildman–Crippen MR) is 78.7 cm³/mol. The Morgan fingerprint density at radius 2 is 2.05 bits per heavy atom. The third kappa shape index (κ3) is 3.10. The van der Waals surface area contributed by atoms with Gasteiger partial charge >= 0.3 is 0 Å². The summed E-state index contributed by atoms with van der Waals surface area (Å²) in [5.74, 6) is 0.582. The van der Waals surface area contributed by atoms with Crippen LogP contribution in [0.15, 0.2) is 28.9 Å². The lowest BCUT2D eigenvalue weighted by Crippen LogP contribution is -2.04. The van der Waals surface area contributed by atoms with Crippen molar-refractivity contribution in [3.05, 3.63) is 51.5 Å². The van der Waals surface area contributed by atoms with Gasteiger partial charge in [0.1, 0.15) is 12.4 Å². The van der Waals surface area contributed by atoms with Crippen molar-refractivity contribution < 1.29 is 13.9 Å². The van der Waals surface area contributed by atoms with Crippen LogP contribution in [0.5, 0.6) is 11.5 Å². The molecule has 0 aliphatic carbocycles. The van der Waals surface area contributed by atoms with Gasteiger partial charge < -0.3 is 9.47 Å². The van der Waals surface area contributed by atoms with Gasteiger partial charge in [0, 0.05) is 21.8 Å². The quantitative estimate of drug-likeness (QED) is 0.836. The number of rotatable bonds is 4. The second-order valence-corrected chi connectivity index (χ2v) is 5.33. The molecule has 0 bridgehead atoms. The van der Waals surface area contributed by atoms with Crippen LogP contribution in [0.25, 0.3) is 0 Å². The highest BCUT2D eigenvalue weighted by Crippen LogP contribution is 2.26. The van der Waals surface area contributed by atoms with E-state index in [4.69, 9.17) is 9.47 Å². The van der Waals surface area contributed by atoms with Crippen LogP contribution in [0.1, 0.15) is 16.8 Å². The zero-order chi connectivity index (χ0) is 14.7. The van der Waals surface area contributed by atoms with Crippen molar-refractivity contribution in [3.8, 4) is 11.5 Å². The summed E-state index contributed by atoms with van der Waals surface area (Å²) in [4.78, 5) is 4.31. The van der Waals surface area contributed by atoms with E-state index in [9.17, 15) is 4.39 Å². The summed E-state index contributed by atoms with van der Waals surface area (Å²) in [6, 6.07) is 4.58. The zero-order valence-electron chi connectivity index (χ0n) is 11.5. The average molecular weight is 340 g/mol. The molecule has 106 valence electrons. The number of hydrogen-bond acceptors (Lipinski definition) is 3. The minimum Gasteiger partial charge on any atom is -0.496 e. The van der Waals surface area contributed by atoms with Crippen molar-refractivity contribution in [2.24, 2.45) is 0 Å². The zero-order valence-corrected chi connectivity index (χ0v) is 13.1. The molecular formula is C15H15BrFNO2. The topological polar surface area (TPSA) is 31.4 Å². The normalized spacial score (nSPS) is 10.4. The molecule has 3 nitrogen and oxygen atoms in total. The highest BCUT2D eigenvalue weighted by Gasteiger charge is 2.11. The molecule has 5 heteroatoms. The molecule has 1 aromatic carbocycles. The number of pyridine rings is 1. The molecule has 0 atom stereocenters. The molecule has 0 saturated carbocycles. The van der Waals surface area contributed by atoms with Crippen LogP contribution in [0.4, 0.5) is 4.39 Å². The Morgan fingerprint density at radius 1 is 1.30 bits per heavy atom. The Balaban J connectivity index is 2.21. The van der Waals surface area contributed by atoms with Crippen LogP contribution < -0.4 is 9.47 Å². The highest BCUT2D eigenvalue weighted by atomic mass is 79.9. The second-order valence-electron chi connectivity index (χ2n) is 4.41. The van der Waals surface area contributed by atoms with E-state index in [1.165, 1.54) is 6.07 Å². The fraction of sp³-hybridized carbons (Fsp3) is 0.267. The molecule has 0 aliphatic rings. The molecule has 0 radical (unpaired) electrons. The summed E-state index contributed by atoms with van der Waals surface area (Å²) in [6.45, 7) is 4.03. The summed E-state index contributed by atoms with van der Waals surface area (Å²) in [5, 5.41) is 0. The number of benzene rings is 1. The minimum absolute atomic E-state index is 0.190. The number of halogens is 2. The third-order valence-corrected chi connectivity index (χ3v) is 3.50. The monoisotopic (exact) mass is 339 g/mol. The van der Waals surface area contributed by atoms with Crippen LogP contribution >= 0.6 is 15.9 Å². The van der Waals surface area contributed by atoms with Gasteiger partial charge in [-0.2, -0.15) is 0 Å². The van der Waals surface area contributed by atoms with Crippen molar-refractivity contribution in [2.45, 2.75) is 20.5 Å². The van der Waals surface area contributed by atoms with Gasteiger partial charge in [-0.15, -0.1) is 0 Å². The van der Waals surface area contributed by atoms with Crippen LogP contribution in [0, 0.1) is 19.7 Å². The van der Waals surface area contributed by atoms with E-state index in [1.807, 2.05) is 13.8 Å². The van der Waals surface area contributed by atoms with E-state index in [-0.39, 0.29) is 12.4 Å². The van der Waals surface area contributed by atoms with Gasteiger partial charge in [-0.25, -0.2) is 4.39 Å². The molecule has 0 N–H and O–H groups in total. The maximum atomic E-state index is 13.6. The van der Waals surface area contributed by atoms with Gasteiger partial charge in [0.05, 0.1) is 12.8 Å². The van der Waals surface area contributed by atoms with Crippen LogP contribution in [-0.2, 0) is 6.61 Å². The Morgan fingerprint density at radius 3 is 2.75 bits per heavy atom. The van der Waals surface area contributed by atoms with E-state index in [1.54, 1.807) is 25.4 Å². The number of ether oxygens (including phenoxy) is 2. The smallest absolute Gasteiger partial charge is 0.165 e. The van der Waals surface area contributed by atoms with E-state index < -0.39 is 5.82 Å². The molecule has 1 heterocycles. The molecule has 0 spiro atoms. The largest absolute Gasteiger partial charge is 0.496 e. The number of nitrogens with zero attached hydrogens (tertiary/aromatic N) is 1. The Kier molecular flexibility index (Phi) is 4.60. The number of hydrogen-bond donors (Lipinski definition) is 0. The lowest BCUT2D eigenvalue weighted by Gasteiger charge is -2.13. The summed E-state index contributed by atoms with van der Waals surface area (Å²) >= 11 is 3.29. The van der Waals surface area contributed by atoms with Gasteiger partial charge in [0.15, 0.2) is 11.6 Å². The Hall–Kier alpha value is -1.62. The van der Waals surface area contributed by atoms with Crippen LogP contribution in [0.2, 0.25) is 0 Å². The van der Waals surface area contributed by atoms with Gasteiger partial charge in [-0.05, 0) is 32.0 Å². The fourth-order valence-corrected chi connectivity index (χ4v) is 2.29. The second kappa shape index (κ2) is 6.22. The number of aromatic nitrogens is 1. The maximum absolute atomic E-state index is 13.6. The van der Waals surface area contributed by atoms with E-state index >= 15 is 0 Å². The first-order chi connectivity index (χ1) is 9.52. The van der Waals surface area contributed by atoms with Crippen molar-refractivity contribution in [3.63, 3.8) is 0 Å². The summed E-state index contributed by atoms with van der Waals surface area (Å²) in [6.07, 6.45) is 1.72. The Labute approximate surface area is 125 Å². The maximum Gasteiger partial charge on any atom is 0.165 e. The molecule has 2 aromatic rings. The lowest BCUT2D eigenvalue weighted by molar-refractivity contribution is 0.283. The summed E-state index contributed by atoms with van der Waals surface area (Å²) in [5.41, 5.74) is 2.59. The molecule has 2 rings (SSSR count). The first-order valence-electron chi connectivity index (χ1n) is 6.10. The first-order valence-corrected chi connectivity index (χ1v) is 6.89. The van der Waals surface area contributed by atoms with Crippen LogP contribution in [0.3, 0.4) is 0 Å². The molecule has 0 saturated heterocycles. The van der Waals surface area contributed by atoms with Crippen molar-refractivity contribution >= 4 is 15.9 Å². The average Bonchev–Trinajstić information content (AvgIpc) is 2.42. The standard InChI is InChI=1S/C15H15BrFNO2/c1-9-7-18-13(10(2)15(9)19-3)8-20-14-6-11(16)4-5-12(14)17/h4-7H,8H2,1-3H3. The Bertz CT molecular complexity index is 632. The minimum atomic E-state index is -0.398. The molecule has 0 unspecified atom stereocenters. The highest BCUT2D eigenvalue weighted by molar-refractivity contribution is 9.10. The predicted octanol–water partition coefficient (Wildman–Crippen LogP) is 4.19. The van der Waals surface area contributed by atoms with E-state index in [0.717, 1.165) is 27.0 Å². The van der Waals surface area contributed by atoms with Gasteiger partial charge in [-0.1, -0.05) is 15.9 Å². The first kappa shape index (κ1) is 14.8. The number of methoxy groups -OCH3 is 1. The molecule has 20 heavy (non-hydrogen) atoms.